The summed E-state index contributed by atoms with van der Waals surface area (Å²) in [6, 6.07) is 19.2. The van der Waals surface area contributed by atoms with E-state index in [1.807, 2.05) is 74.5 Å². The number of hydrogen-bond donors (Lipinski definition) is 2. The lowest BCUT2D eigenvalue weighted by atomic mass is 10.0. The molecule has 0 bridgehead atoms. The number of halogens is 1. The first kappa shape index (κ1) is 20.6. The Kier molecular flexibility index (Phi) is 7.96. The maximum absolute atomic E-state index is 8.65. The second-order valence-corrected chi connectivity index (χ2v) is 6.00. The first-order chi connectivity index (χ1) is 13.2. The molecule has 0 saturated heterocycles. The van der Waals surface area contributed by atoms with E-state index in [9.17, 15) is 0 Å². The highest BCUT2D eigenvalue weighted by Gasteiger charge is 2.20. The maximum Gasteiger partial charge on any atom is 0.159 e. The summed E-state index contributed by atoms with van der Waals surface area (Å²) in [7, 11) is 0. The first-order valence-electron chi connectivity index (χ1n) is 9.22. The second-order valence-electron chi connectivity index (χ2n) is 5.62. The van der Waals surface area contributed by atoms with Crippen LogP contribution in [-0.2, 0) is 0 Å². The Labute approximate surface area is 166 Å². The molecular weight excluding hydrogens is 356 g/mol. The molecule has 0 amide bonds. The van der Waals surface area contributed by atoms with Gasteiger partial charge in [-0.3, -0.25) is 5.41 Å². The fourth-order valence-corrected chi connectivity index (χ4v) is 2.87. The topological polar surface area (TPSA) is 61.7 Å². The molecule has 3 rings (SSSR count). The molecule has 0 unspecified atom stereocenters. The van der Waals surface area contributed by atoms with E-state index in [0.29, 0.717) is 27.8 Å². The van der Waals surface area contributed by atoms with Crippen LogP contribution in [0.25, 0.3) is 11.3 Å². The number of anilines is 1. The maximum atomic E-state index is 8.65. The van der Waals surface area contributed by atoms with Gasteiger partial charge in [0.25, 0.3) is 0 Å². The highest BCUT2D eigenvalue weighted by atomic mass is 35.5. The summed E-state index contributed by atoms with van der Waals surface area (Å²) >= 11 is 6.69. The lowest BCUT2D eigenvalue weighted by Crippen LogP contribution is -2.13. The van der Waals surface area contributed by atoms with Crippen LogP contribution < -0.4 is 5.32 Å². The molecule has 0 fully saturated rings. The van der Waals surface area contributed by atoms with Crippen molar-refractivity contribution in [2.24, 2.45) is 0 Å². The molecule has 0 atom stereocenters. The lowest BCUT2D eigenvalue weighted by Gasteiger charge is -2.15. The van der Waals surface area contributed by atoms with Crippen LogP contribution in [-0.4, -0.2) is 22.5 Å². The smallest absolute Gasteiger partial charge is 0.159 e. The predicted molar refractivity (Wildman–Crippen MR) is 115 cm³/mol. The van der Waals surface area contributed by atoms with Crippen LogP contribution >= 0.6 is 11.6 Å². The third kappa shape index (κ3) is 4.92. The van der Waals surface area contributed by atoms with Crippen molar-refractivity contribution in [2.75, 3.05) is 11.9 Å². The average Bonchev–Trinajstić information content (AvgIpc) is 2.74. The third-order valence-corrected chi connectivity index (χ3v) is 4.18. The van der Waals surface area contributed by atoms with E-state index in [2.05, 4.69) is 22.4 Å². The number of aromatic nitrogens is 2. The fraction of sp³-hybridized carbons (Fsp3) is 0.227. The highest BCUT2D eigenvalue weighted by molar-refractivity contribution is 6.38. The Hall–Kier alpha value is -2.72. The van der Waals surface area contributed by atoms with Gasteiger partial charge in [0.05, 0.1) is 16.3 Å². The Morgan fingerprint density at radius 2 is 1.56 bits per heavy atom. The quantitative estimate of drug-likeness (QED) is 0.511. The van der Waals surface area contributed by atoms with E-state index >= 15 is 0 Å². The molecule has 0 spiro atoms. The molecule has 0 saturated carbocycles. The van der Waals surface area contributed by atoms with Crippen LogP contribution in [0.3, 0.4) is 0 Å². The number of hydrogen-bond acceptors (Lipinski definition) is 4. The second kappa shape index (κ2) is 10.4. The van der Waals surface area contributed by atoms with Gasteiger partial charge in [-0.05, 0) is 6.42 Å². The Morgan fingerprint density at radius 3 is 2.15 bits per heavy atom. The number of benzene rings is 2. The van der Waals surface area contributed by atoms with E-state index in [0.717, 1.165) is 24.1 Å². The molecule has 0 aliphatic carbocycles. The minimum absolute atomic E-state index is 0.330. The molecule has 1 aromatic heterocycles. The Morgan fingerprint density at radius 1 is 0.963 bits per heavy atom. The van der Waals surface area contributed by atoms with Crippen molar-refractivity contribution < 1.29 is 0 Å². The van der Waals surface area contributed by atoms with Crippen LogP contribution in [0, 0.1) is 5.41 Å². The summed E-state index contributed by atoms with van der Waals surface area (Å²) in [5, 5.41) is 20.9. The minimum Gasteiger partial charge on any atom is -0.368 e. The SMILES string of the molecule is CC.CCCNc1nnc(-c2ccccc2)c(Cl)c1C(=N)c1ccccc1. The van der Waals surface area contributed by atoms with Crippen molar-refractivity contribution in [1.29, 1.82) is 5.41 Å². The normalized spacial score (nSPS) is 9.93. The van der Waals surface area contributed by atoms with Gasteiger partial charge in [0.2, 0.25) is 0 Å². The summed E-state index contributed by atoms with van der Waals surface area (Å²) in [6.45, 7) is 6.81. The summed E-state index contributed by atoms with van der Waals surface area (Å²) < 4.78 is 0. The van der Waals surface area contributed by atoms with E-state index in [1.54, 1.807) is 0 Å². The Bertz CT molecular complexity index is 864. The summed E-state index contributed by atoms with van der Waals surface area (Å²) in [4.78, 5) is 0. The molecule has 3 aromatic rings. The van der Waals surface area contributed by atoms with E-state index < -0.39 is 0 Å². The molecule has 1 heterocycles. The van der Waals surface area contributed by atoms with Crippen LogP contribution in [0.4, 0.5) is 5.82 Å². The molecule has 4 nitrogen and oxygen atoms in total. The molecule has 140 valence electrons. The van der Waals surface area contributed by atoms with E-state index in [-0.39, 0.29) is 0 Å². The van der Waals surface area contributed by atoms with Crippen LogP contribution in [0.2, 0.25) is 5.02 Å². The third-order valence-electron chi connectivity index (χ3n) is 3.82. The summed E-state index contributed by atoms with van der Waals surface area (Å²) in [5.41, 5.74) is 3.16. The van der Waals surface area contributed by atoms with Crippen molar-refractivity contribution >= 4 is 23.1 Å². The van der Waals surface area contributed by atoms with Crippen LogP contribution in [0.1, 0.15) is 38.3 Å². The lowest BCUT2D eigenvalue weighted by molar-refractivity contribution is 0.943. The van der Waals surface area contributed by atoms with Gasteiger partial charge in [0.15, 0.2) is 5.82 Å². The summed E-state index contributed by atoms with van der Waals surface area (Å²) in [6.07, 6.45) is 0.942. The Balaban J connectivity index is 0.00000126. The van der Waals surface area contributed by atoms with Crippen molar-refractivity contribution in [2.45, 2.75) is 27.2 Å². The van der Waals surface area contributed by atoms with Gasteiger partial charge in [-0.1, -0.05) is 93.0 Å². The van der Waals surface area contributed by atoms with Gasteiger partial charge in [-0.25, -0.2) is 0 Å². The van der Waals surface area contributed by atoms with Crippen LogP contribution in [0.5, 0.6) is 0 Å². The van der Waals surface area contributed by atoms with Crippen LogP contribution in [0.15, 0.2) is 60.7 Å². The molecular formula is C22H25ClN4. The van der Waals surface area contributed by atoms with Gasteiger partial charge in [0.1, 0.15) is 5.69 Å². The molecule has 5 heteroatoms. The zero-order valence-corrected chi connectivity index (χ0v) is 16.7. The van der Waals surface area contributed by atoms with Crippen molar-refractivity contribution in [1.82, 2.24) is 10.2 Å². The first-order valence-corrected chi connectivity index (χ1v) is 9.60. The van der Waals surface area contributed by atoms with Gasteiger partial charge in [-0.2, -0.15) is 0 Å². The fourth-order valence-electron chi connectivity index (χ4n) is 2.54. The van der Waals surface area contributed by atoms with Gasteiger partial charge in [0, 0.05) is 17.7 Å². The molecule has 0 aliphatic heterocycles. The number of nitrogens with one attached hydrogen (secondary N) is 2. The van der Waals surface area contributed by atoms with Crippen molar-refractivity contribution in [3.05, 3.63) is 76.8 Å². The standard InChI is InChI=1S/C20H19ClN4.C2H6/c1-2-13-23-20-16(18(22)14-9-5-3-6-10-14)17(21)19(24-25-20)15-11-7-4-8-12-15;1-2/h3-12,22H,2,13H2,1H3,(H,23,25);1-2H3. The molecule has 27 heavy (non-hydrogen) atoms. The average molecular weight is 381 g/mol. The summed E-state index contributed by atoms with van der Waals surface area (Å²) in [5.74, 6) is 0.542. The number of nitrogens with zero attached hydrogens (tertiary/aromatic N) is 2. The van der Waals surface area contributed by atoms with Gasteiger partial charge < -0.3 is 5.32 Å². The van der Waals surface area contributed by atoms with Gasteiger partial charge in [-0.15, -0.1) is 10.2 Å². The van der Waals surface area contributed by atoms with E-state index in [4.69, 9.17) is 17.0 Å². The monoisotopic (exact) mass is 380 g/mol. The molecule has 2 aromatic carbocycles. The van der Waals surface area contributed by atoms with Crippen molar-refractivity contribution in [3.8, 4) is 11.3 Å². The van der Waals surface area contributed by atoms with Crippen molar-refractivity contribution in [3.63, 3.8) is 0 Å². The predicted octanol–water partition coefficient (Wildman–Crippen LogP) is 6.06. The molecule has 2 N–H and O–H groups in total. The largest absolute Gasteiger partial charge is 0.368 e. The minimum atomic E-state index is 0.330. The number of rotatable bonds is 6. The highest BCUT2D eigenvalue weighted by Crippen LogP contribution is 2.33. The molecule has 0 aliphatic rings. The van der Waals surface area contributed by atoms with Gasteiger partial charge >= 0.3 is 0 Å². The zero-order valence-electron chi connectivity index (χ0n) is 16.0. The van der Waals surface area contributed by atoms with E-state index in [1.165, 1.54) is 0 Å². The molecule has 0 radical (unpaired) electrons. The zero-order chi connectivity index (χ0) is 19.6.